The number of hydrogen-bond donors (Lipinski definition) is 0. The smallest absolute Gasteiger partial charge is 0.226 e. The van der Waals surface area contributed by atoms with E-state index in [2.05, 4.69) is 11.9 Å². The Morgan fingerprint density at radius 2 is 1.89 bits per heavy atom. The van der Waals surface area contributed by atoms with Gasteiger partial charge in [-0.25, -0.2) is 4.98 Å². The summed E-state index contributed by atoms with van der Waals surface area (Å²) in [6, 6.07) is 7.58. The van der Waals surface area contributed by atoms with Gasteiger partial charge in [0.2, 0.25) is 5.89 Å². The number of aromatic nitrogens is 1. The van der Waals surface area contributed by atoms with E-state index in [-0.39, 0.29) is 0 Å². The highest BCUT2D eigenvalue weighted by atomic mass is 35.5. The molecule has 96 valence electrons. The molecule has 1 heterocycles. The van der Waals surface area contributed by atoms with Crippen molar-refractivity contribution in [2.75, 3.05) is 0 Å². The first kappa shape index (κ1) is 13.2. The van der Waals surface area contributed by atoms with Crippen molar-refractivity contribution in [1.29, 1.82) is 0 Å². The SMILES string of the molecule is CCCCCc1nc(-c2ccc(Cl)cc2)oc1C. The standard InChI is InChI=1S/C15H18ClNO/c1-3-4-5-6-14-11(2)18-15(17-14)12-7-9-13(16)10-8-12/h7-10H,3-6H2,1-2H3. The minimum absolute atomic E-state index is 0.690. The monoisotopic (exact) mass is 263 g/mol. The van der Waals surface area contributed by atoms with Gasteiger partial charge < -0.3 is 4.42 Å². The van der Waals surface area contributed by atoms with Crippen LogP contribution in [0, 0.1) is 6.92 Å². The lowest BCUT2D eigenvalue weighted by Crippen LogP contribution is -1.88. The summed E-state index contributed by atoms with van der Waals surface area (Å²) >= 11 is 5.87. The van der Waals surface area contributed by atoms with Gasteiger partial charge in [-0.05, 0) is 44.0 Å². The van der Waals surface area contributed by atoms with Gasteiger partial charge in [0.15, 0.2) is 0 Å². The van der Waals surface area contributed by atoms with Crippen molar-refractivity contribution < 1.29 is 4.42 Å². The number of halogens is 1. The molecule has 1 aromatic carbocycles. The molecule has 0 saturated carbocycles. The van der Waals surface area contributed by atoms with Gasteiger partial charge in [-0.15, -0.1) is 0 Å². The average molecular weight is 264 g/mol. The van der Waals surface area contributed by atoms with Crippen molar-refractivity contribution >= 4 is 11.6 Å². The zero-order valence-corrected chi connectivity index (χ0v) is 11.6. The van der Waals surface area contributed by atoms with Gasteiger partial charge in [-0.1, -0.05) is 31.4 Å². The number of unbranched alkanes of at least 4 members (excludes halogenated alkanes) is 2. The highest BCUT2D eigenvalue weighted by Crippen LogP contribution is 2.24. The summed E-state index contributed by atoms with van der Waals surface area (Å²) in [5, 5.41) is 0.727. The molecule has 0 radical (unpaired) electrons. The van der Waals surface area contributed by atoms with E-state index in [0.29, 0.717) is 5.89 Å². The second kappa shape index (κ2) is 6.05. The molecule has 0 atom stereocenters. The molecule has 0 amide bonds. The Labute approximate surface area is 113 Å². The summed E-state index contributed by atoms with van der Waals surface area (Å²) in [5.74, 6) is 1.62. The van der Waals surface area contributed by atoms with Crippen molar-refractivity contribution in [3.8, 4) is 11.5 Å². The maximum absolute atomic E-state index is 5.87. The van der Waals surface area contributed by atoms with Crippen LogP contribution in [0.4, 0.5) is 0 Å². The van der Waals surface area contributed by atoms with Crippen LogP contribution in [0.2, 0.25) is 5.02 Å². The largest absolute Gasteiger partial charge is 0.441 e. The number of benzene rings is 1. The van der Waals surface area contributed by atoms with E-state index in [0.717, 1.165) is 28.5 Å². The highest BCUT2D eigenvalue weighted by molar-refractivity contribution is 6.30. The zero-order valence-electron chi connectivity index (χ0n) is 10.9. The van der Waals surface area contributed by atoms with Crippen molar-refractivity contribution in [2.45, 2.75) is 39.5 Å². The van der Waals surface area contributed by atoms with Crippen molar-refractivity contribution in [3.05, 3.63) is 40.7 Å². The Morgan fingerprint density at radius 3 is 2.56 bits per heavy atom. The van der Waals surface area contributed by atoms with Gasteiger partial charge in [0.25, 0.3) is 0 Å². The molecule has 0 aliphatic rings. The first-order chi connectivity index (χ1) is 8.70. The van der Waals surface area contributed by atoms with Crippen LogP contribution in [0.3, 0.4) is 0 Å². The second-order valence-electron chi connectivity index (χ2n) is 4.49. The van der Waals surface area contributed by atoms with Crippen LogP contribution in [0.1, 0.15) is 37.6 Å². The Bertz CT molecular complexity index is 502. The predicted molar refractivity (Wildman–Crippen MR) is 74.9 cm³/mol. The van der Waals surface area contributed by atoms with Crippen molar-refractivity contribution in [1.82, 2.24) is 4.98 Å². The summed E-state index contributed by atoms with van der Waals surface area (Å²) < 4.78 is 5.72. The van der Waals surface area contributed by atoms with Crippen molar-refractivity contribution in [2.24, 2.45) is 0 Å². The minimum atomic E-state index is 0.690. The molecule has 0 N–H and O–H groups in total. The molecule has 3 heteroatoms. The Hall–Kier alpha value is -1.28. The number of oxazole rings is 1. The number of hydrogen-bond acceptors (Lipinski definition) is 2. The van der Waals surface area contributed by atoms with E-state index in [1.165, 1.54) is 19.3 Å². The van der Waals surface area contributed by atoms with E-state index < -0.39 is 0 Å². The molecular weight excluding hydrogens is 246 g/mol. The number of rotatable bonds is 5. The minimum Gasteiger partial charge on any atom is -0.441 e. The molecule has 2 rings (SSSR count). The van der Waals surface area contributed by atoms with Gasteiger partial charge in [-0.2, -0.15) is 0 Å². The van der Waals surface area contributed by atoms with Gasteiger partial charge in [0.1, 0.15) is 5.76 Å². The number of aryl methyl sites for hydroxylation is 2. The first-order valence-electron chi connectivity index (χ1n) is 6.43. The fourth-order valence-corrected chi connectivity index (χ4v) is 2.04. The van der Waals surface area contributed by atoms with Gasteiger partial charge in [0, 0.05) is 10.6 Å². The van der Waals surface area contributed by atoms with Crippen LogP contribution in [0.5, 0.6) is 0 Å². The molecule has 0 unspecified atom stereocenters. The lowest BCUT2D eigenvalue weighted by molar-refractivity contribution is 0.538. The van der Waals surface area contributed by atoms with Gasteiger partial charge >= 0.3 is 0 Å². The zero-order chi connectivity index (χ0) is 13.0. The predicted octanol–water partition coefficient (Wildman–Crippen LogP) is 5.04. The Kier molecular flexibility index (Phi) is 4.43. The van der Waals surface area contributed by atoms with E-state index in [1.807, 2.05) is 31.2 Å². The topological polar surface area (TPSA) is 26.0 Å². The maximum atomic E-state index is 5.87. The molecule has 2 aromatic rings. The van der Waals surface area contributed by atoms with E-state index in [4.69, 9.17) is 16.0 Å². The summed E-state index contributed by atoms with van der Waals surface area (Å²) in [5.41, 5.74) is 2.05. The molecule has 1 aromatic heterocycles. The van der Waals surface area contributed by atoms with E-state index >= 15 is 0 Å². The Balaban J connectivity index is 2.15. The summed E-state index contributed by atoms with van der Waals surface area (Å²) in [4.78, 5) is 4.57. The molecule has 0 spiro atoms. The second-order valence-corrected chi connectivity index (χ2v) is 4.92. The summed E-state index contributed by atoms with van der Waals surface area (Å²) in [7, 11) is 0. The molecular formula is C15H18ClNO. The first-order valence-corrected chi connectivity index (χ1v) is 6.80. The Morgan fingerprint density at radius 1 is 1.17 bits per heavy atom. The molecule has 2 nitrogen and oxygen atoms in total. The van der Waals surface area contributed by atoms with Crippen LogP contribution in [-0.2, 0) is 6.42 Å². The quantitative estimate of drug-likeness (QED) is 0.707. The summed E-state index contributed by atoms with van der Waals surface area (Å²) in [6.07, 6.45) is 4.63. The lowest BCUT2D eigenvalue weighted by atomic mass is 10.1. The fraction of sp³-hybridized carbons (Fsp3) is 0.400. The van der Waals surface area contributed by atoms with Gasteiger partial charge in [0.05, 0.1) is 5.69 Å². The third-order valence-corrected chi connectivity index (χ3v) is 3.25. The molecule has 0 aliphatic heterocycles. The number of nitrogens with zero attached hydrogens (tertiary/aromatic N) is 1. The van der Waals surface area contributed by atoms with Crippen LogP contribution >= 0.6 is 11.6 Å². The third-order valence-electron chi connectivity index (χ3n) is 3.00. The summed E-state index contributed by atoms with van der Waals surface area (Å²) in [6.45, 7) is 4.18. The molecule has 18 heavy (non-hydrogen) atoms. The fourth-order valence-electron chi connectivity index (χ4n) is 1.92. The van der Waals surface area contributed by atoms with Crippen molar-refractivity contribution in [3.63, 3.8) is 0 Å². The van der Waals surface area contributed by atoms with Crippen LogP contribution < -0.4 is 0 Å². The molecule has 0 saturated heterocycles. The van der Waals surface area contributed by atoms with Crippen LogP contribution in [0.25, 0.3) is 11.5 Å². The van der Waals surface area contributed by atoms with E-state index in [1.54, 1.807) is 0 Å². The highest BCUT2D eigenvalue weighted by Gasteiger charge is 2.10. The normalized spacial score (nSPS) is 10.8. The van der Waals surface area contributed by atoms with Gasteiger partial charge in [-0.3, -0.25) is 0 Å². The van der Waals surface area contributed by atoms with E-state index in [9.17, 15) is 0 Å². The average Bonchev–Trinajstić information content (AvgIpc) is 2.72. The third kappa shape index (κ3) is 3.14. The van der Waals surface area contributed by atoms with Crippen LogP contribution in [-0.4, -0.2) is 4.98 Å². The van der Waals surface area contributed by atoms with Crippen LogP contribution in [0.15, 0.2) is 28.7 Å². The molecule has 0 fully saturated rings. The molecule has 0 aliphatic carbocycles. The lowest BCUT2D eigenvalue weighted by Gasteiger charge is -1.95. The maximum Gasteiger partial charge on any atom is 0.226 e. The molecule has 0 bridgehead atoms.